The Morgan fingerprint density at radius 1 is 1.04 bits per heavy atom. The predicted octanol–water partition coefficient (Wildman–Crippen LogP) is 6.49. The van der Waals surface area contributed by atoms with Crippen molar-refractivity contribution in [2.75, 3.05) is 0 Å². The number of rotatable bonds is 5. The molecule has 2 aromatic carbocycles. The summed E-state index contributed by atoms with van der Waals surface area (Å²) in [7, 11) is 0. The quantitative estimate of drug-likeness (QED) is 0.475. The highest BCUT2D eigenvalue weighted by atomic mass is 79.9. The normalized spacial score (nSPS) is 10.6. The van der Waals surface area contributed by atoms with E-state index in [1.165, 1.54) is 5.56 Å². The molecule has 3 nitrogen and oxygen atoms in total. The number of aromatic nitrogens is 1. The molecule has 25 heavy (non-hydrogen) atoms. The van der Waals surface area contributed by atoms with Gasteiger partial charge in [0.2, 0.25) is 5.88 Å². The van der Waals surface area contributed by atoms with Crippen LogP contribution in [0, 0.1) is 13.8 Å². The summed E-state index contributed by atoms with van der Waals surface area (Å²) in [4.78, 5) is 4.29. The number of ether oxygens (including phenoxy) is 2. The lowest BCUT2D eigenvalue weighted by Crippen LogP contribution is -1.97. The average Bonchev–Trinajstić information content (AvgIpc) is 2.59. The van der Waals surface area contributed by atoms with Crippen molar-refractivity contribution in [3.8, 4) is 17.4 Å². The summed E-state index contributed by atoms with van der Waals surface area (Å²) in [6.45, 7) is 4.50. The monoisotopic (exact) mass is 417 g/mol. The van der Waals surface area contributed by atoms with Crippen LogP contribution in [0.1, 0.15) is 16.7 Å². The smallest absolute Gasteiger partial charge is 0.219 e. The molecule has 0 radical (unpaired) electrons. The molecule has 0 saturated carbocycles. The molecule has 0 aliphatic carbocycles. The first-order valence-electron chi connectivity index (χ1n) is 7.79. The largest absolute Gasteiger partial charge is 0.487 e. The van der Waals surface area contributed by atoms with Crippen LogP contribution in [0.15, 0.2) is 59.2 Å². The molecule has 0 atom stereocenters. The maximum absolute atomic E-state index is 6.24. The molecular weight excluding hydrogens is 402 g/mol. The van der Waals surface area contributed by atoms with Crippen molar-refractivity contribution in [2.45, 2.75) is 20.5 Å². The Balaban J connectivity index is 1.65. The maximum Gasteiger partial charge on any atom is 0.219 e. The fraction of sp³-hybridized carbons (Fsp3) is 0.150. The number of hydrogen-bond acceptors (Lipinski definition) is 3. The Morgan fingerprint density at radius 2 is 1.80 bits per heavy atom. The molecule has 3 rings (SSSR count). The maximum atomic E-state index is 6.24. The molecule has 0 saturated heterocycles. The van der Waals surface area contributed by atoms with Gasteiger partial charge in [0.1, 0.15) is 12.4 Å². The van der Waals surface area contributed by atoms with E-state index in [0.29, 0.717) is 29.0 Å². The minimum atomic E-state index is 0.468. The van der Waals surface area contributed by atoms with Gasteiger partial charge in [-0.15, -0.1) is 0 Å². The molecular formula is C20H17BrClNO2. The van der Waals surface area contributed by atoms with Gasteiger partial charge in [-0.25, -0.2) is 4.98 Å². The summed E-state index contributed by atoms with van der Waals surface area (Å²) in [5.74, 6) is 1.76. The number of nitrogens with zero attached hydrogens (tertiary/aromatic N) is 1. The predicted molar refractivity (Wildman–Crippen MR) is 104 cm³/mol. The standard InChI is InChI=1S/C20H17BrClNO2/c1-13-3-5-15(6-4-13)12-24-17-7-8-19(23-11-17)25-20-14(2)9-16(21)10-18(20)22/h3-11H,12H2,1-2H3. The Bertz CT molecular complexity index is 841. The third-order valence-electron chi connectivity index (χ3n) is 3.64. The molecule has 0 N–H and O–H groups in total. The first-order valence-corrected chi connectivity index (χ1v) is 8.96. The van der Waals surface area contributed by atoms with Crippen LogP contribution in [0.4, 0.5) is 0 Å². The summed E-state index contributed by atoms with van der Waals surface area (Å²) in [6.07, 6.45) is 1.64. The topological polar surface area (TPSA) is 31.4 Å². The van der Waals surface area contributed by atoms with Gasteiger partial charge >= 0.3 is 0 Å². The minimum Gasteiger partial charge on any atom is -0.487 e. The Kier molecular flexibility index (Phi) is 5.61. The number of benzene rings is 2. The summed E-state index contributed by atoms with van der Waals surface area (Å²) >= 11 is 9.65. The fourth-order valence-corrected chi connectivity index (χ4v) is 3.30. The van der Waals surface area contributed by atoms with Gasteiger partial charge in [0.25, 0.3) is 0 Å². The summed E-state index contributed by atoms with van der Waals surface area (Å²) in [5, 5.41) is 0.536. The summed E-state index contributed by atoms with van der Waals surface area (Å²) in [6, 6.07) is 15.6. The van der Waals surface area contributed by atoms with E-state index in [0.717, 1.165) is 15.6 Å². The van der Waals surface area contributed by atoms with E-state index < -0.39 is 0 Å². The molecule has 128 valence electrons. The number of aryl methyl sites for hydroxylation is 2. The zero-order valence-electron chi connectivity index (χ0n) is 13.9. The van der Waals surface area contributed by atoms with Gasteiger partial charge in [-0.3, -0.25) is 0 Å². The van der Waals surface area contributed by atoms with E-state index in [1.807, 2.05) is 19.1 Å². The lowest BCUT2D eigenvalue weighted by molar-refractivity contribution is 0.304. The van der Waals surface area contributed by atoms with Crippen molar-refractivity contribution in [2.24, 2.45) is 0 Å². The van der Waals surface area contributed by atoms with Crippen LogP contribution in [0.25, 0.3) is 0 Å². The third kappa shape index (κ3) is 4.74. The highest BCUT2D eigenvalue weighted by Gasteiger charge is 2.09. The van der Waals surface area contributed by atoms with Crippen LogP contribution in [-0.2, 0) is 6.61 Å². The molecule has 0 aliphatic rings. The van der Waals surface area contributed by atoms with Gasteiger partial charge in [-0.1, -0.05) is 57.4 Å². The number of pyridine rings is 1. The van der Waals surface area contributed by atoms with E-state index in [-0.39, 0.29) is 0 Å². The van der Waals surface area contributed by atoms with Gasteiger partial charge < -0.3 is 9.47 Å². The lowest BCUT2D eigenvalue weighted by Gasteiger charge is -2.11. The molecule has 0 bridgehead atoms. The average molecular weight is 419 g/mol. The first-order chi connectivity index (χ1) is 12.0. The summed E-state index contributed by atoms with van der Waals surface area (Å²) < 4.78 is 12.5. The van der Waals surface area contributed by atoms with E-state index in [4.69, 9.17) is 21.1 Å². The van der Waals surface area contributed by atoms with Crippen LogP contribution in [0.2, 0.25) is 5.02 Å². The molecule has 5 heteroatoms. The van der Waals surface area contributed by atoms with Crippen molar-refractivity contribution in [1.29, 1.82) is 0 Å². The molecule has 0 amide bonds. The third-order valence-corrected chi connectivity index (χ3v) is 4.37. The van der Waals surface area contributed by atoms with Gasteiger partial charge in [-0.05, 0) is 43.2 Å². The van der Waals surface area contributed by atoms with Crippen LogP contribution in [-0.4, -0.2) is 4.98 Å². The van der Waals surface area contributed by atoms with Crippen molar-refractivity contribution in [3.05, 3.63) is 80.9 Å². The van der Waals surface area contributed by atoms with Crippen LogP contribution < -0.4 is 9.47 Å². The van der Waals surface area contributed by atoms with Crippen LogP contribution >= 0.6 is 27.5 Å². The van der Waals surface area contributed by atoms with E-state index in [2.05, 4.69) is 52.1 Å². The van der Waals surface area contributed by atoms with Crippen LogP contribution in [0.5, 0.6) is 17.4 Å². The van der Waals surface area contributed by atoms with Crippen LogP contribution in [0.3, 0.4) is 0 Å². The van der Waals surface area contributed by atoms with Crippen molar-refractivity contribution < 1.29 is 9.47 Å². The Hall–Kier alpha value is -2.04. The van der Waals surface area contributed by atoms with Gasteiger partial charge in [0, 0.05) is 10.5 Å². The number of hydrogen-bond donors (Lipinski definition) is 0. The highest BCUT2D eigenvalue weighted by Crippen LogP contribution is 2.35. The second-order valence-electron chi connectivity index (χ2n) is 5.74. The molecule has 1 heterocycles. The second kappa shape index (κ2) is 7.89. The zero-order chi connectivity index (χ0) is 17.8. The van der Waals surface area contributed by atoms with Crippen molar-refractivity contribution >= 4 is 27.5 Å². The Labute approximate surface area is 160 Å². The lowest BCUT2D eigenvalue weighted by atomic mass is 10.2. The van der Waals surface area contributed by atoms with E-state index >= 15 is 0 Å². The molecule has 0 unspecified atom stereocenters. The minimum absolute atomic E-state index is 0.468. The van der Waals surface area contributed by atoms with Gasteiger partial charge in [0.15, 0.2) is 5.75 Å². The number of halogens is 2. The second-order valence-corrected chi connectivity index (χ2v) is 7.06. The van der Waals surface area contributed by atoms with E-state index in [9.17, 15) is 0 Å². The first kappa shape index (κ1) is 17.8. The van der Waals surface area contributed by atoms with E-state index in [1.54, 1.807) is 18.3 Å². The summed E-state index contributed by atoms with van der Waals surface area (Å²) in [5.41, 5.74) is 3.28. The molecule has 0 fully saturated rings. The SMILES string of the molecule is Cc1ccc(COc2ccc(Oc3c(C)cc(Br)cc3Cl)nc2)cc1. The fourth-order valence-electron chi connectivity index (χ4n) is 2.29. The van der Waals surface area contributed by atoms with Crippen molar-refractivity contribution in [1.82, 2.24) is 4.98 Å². The van der Waals surface area contributed by atoms with Gasteiger partial charge in [0.05, 0.1) is 11.2 Å². The zero-order valence-corrected chi connectivity index (χ0v) is 16.3. The molecule has 0 aliphatic heterocycles. The molecule has 1 aromatic heterocycles. The molecule has 3 aromatic rings. The molecule has 0 spiro atoms. The Morgan fingerprint density at radius 3 is 2.44 bits per heavy atom. The van der Waals surface area contributed by atoms with Gasteiger partial charge in [-0.2, -0.15) is 0 Å². The van der Waals surface area contributed by atoms with Crippen molar-refractivity contribution in [3.63, 3.8) is 0 Å². The highest BCUT2D eigenvalue weighted by molar-refractivity contribution is 9.10.